The molecule has 0 aliphatic carbocycles. The molecule has 0 saturated carbocycles. The van der Waals surface area contributed by atoms with E-state index in [4.69, 9.17) is 0 Å². The Labute approximate surface area is 148 Å². The molecule has 2 unspecified atom stereocenters. The van der Waals surface area contributed by atoms with Crippen LogP contribution in [0.3, 0.4) is 0 Å². The number of hydrogen-bond acceptors (Lipinski definition) is 4. The number of thioether (sulfide) groups is 1. The van der Waals surface area contributed by atoms with E-state index in [2.05, 4.69) is 10.6 Å². The van der Waals surface area contributed by atoms with Gasteiger partial charge in [-0.25, -0.2) is 0 Å². The standard InChI is InChI=1S/C18H27N3O2S/c1-13-6-8-15(9-7-13)20-17(22)12-24-14(2)18(23)21-10-4-5-16(11-21)19-3/h6-9,14,16,19H,4-5,10-12H2,1-3H3,(H,20,22). The maximum atomic E-state index is 12.5. The lowest BCUT2D eigenvalue weighted by Crippen LogP contribution is -2.49. The molecule has 1 fully saturated rings. The third-order valence-corrected chi connectivity index (χ3v) is 5.42. The Hall–Kier alpha value is -1.53. The number of anilines is 1. The summed E-state index contributed by atoms with van der Waals surface area (Å²) >= 11 is 1.39. The van der Waals surface area contributed by atoms with Crippen molar-refractivity contribution in [1.82, 2.24) is 10.2 Å². The molecule has 1 aromatic rings. The summed E-state index contributed by atoms with van der Waals surface area (Å²) in [5.41, 5.74) is 1.95. The number of amides is 2. The molecular weight excluding hydrogens is 322 g/mol. The summed E-state index contributed by atoms with van der Waals surface area (Å²) in [6.07, 6.45) is 2.14. The van der Waals surface area contributed by atoms with Crippen LogP contribution >= 0.6 is 11.8 Å². The number of rotatable bonds is 6. The Balaban J connectivity index is 1.77. The summed E-state index contributed by atoms with van der Waals surface area (Å²) in [6.45, 7) is 5.47. The minimum absolute atomic E-state index is 0.0738. The van der Waals surface area contributed by atoms with E-state index in [-0.39, 0.29) is 22.8 Å². The average molecular weight is 350 g/mol. The Bertz CT molecular complexity index is 562. The number of benzene rings is 1. The van der Waals surface area contributed by atoms with E-state index in [1.807, 2.05) is 50.1 Å². The monoisotopic (exact) mass is 349 g/mol. The number of carbonyl (C=O) groups excluding carboxylic acids is 2. The van der Waals surface area contributed by atoms with Crippen LogP contribution < -0.4 is 10.6 Å². The first-order valence-electron chi connectivity index (χ1n) is 8.43. The van der Waals surface area contributed by atoms with Gasteiger partial charge in [0, 0.05) is 24.8 Å². The van der Waals surface area contributed by atoms with E-state index in [0.717, 1.165) is 37.2 Å². The fourth-order valence-electron chi connectivity index (χ4n) is 2.78. The van der Waals surface area contributed by atoms with E-state index < -0.39 is 0 Å². The van der Waals surface area contributed by atoms with Crippen LogP contribution in [0, 0.1) is 6.92 Å². The van der Waals surface area contributed by atoms with Crippen LogP contribution in [0.2, 0.25) is 0 Å². The summed E-state index contributed by atoms with van der Waals surface area (Å²) in [4.78, 5) is 26.5. The molecule has 1 aliphatic rings. The van der Waals surface area contributed by atoms with Gasteiger partial charge in [0.15, 0.2) is 0 Å². The first kappa shape index (κ1) is 18.8. The number of nitrogens with zero attached hydrogens (tertiary/aromatic N) is 1. The Morgan fingerprint density at radius 3 is 2.71 bits per heavy atom. The summed E-state index contributed by atoms with van der Waals surface area (Å²) in [5, 5.41) is 5.90. The van der Waals surface area contributed by atoms with Crippen LogP contribution in [-0.4, -0.2) is 53.9 Å². The van der Waals surface area contributed by atoms with E-state index in [9.17, 15) is 9.59 Å². The van der Waals surface area contributed by atoms with Gasteiger partial charge < -0.3 is 15.5 Å². The third kappa shape index (κ3) is 5.53. The maximum absolute atomic E-state index is 12.5. The van der Waals surface area contributed by atoms with Crippen molar-refractivity contribution in [3.8, 4) is 0 Å². The smallest absolute Gasteiger partial charge is 0.235 e. The van der Waals surface area contributed by atoms with Gasteiger partial charge in [-0.15, -0.1) is 11.8 Å². The highest BCUT2D eigenvalue weighted by Gasteiger charge is 2.26. The highest BCUT2D eigenvalue weighted by atomic mass is 32.2. The second-order valence-electron chi connectivity index (χ2n) is 6.28. The lowest BCUT2D eigenvalue weighted by Gasteiger charge is -2.34. The van der Waals surface area contributed by atoms with Crippen molar-refractivity contribution >= 4 is 29.3 Å². The van der Waals surface area contributed by atoms with E-state index in [0.29, 0.717) is 6.04 Å². The molecule has 0 spiro atoms. The van der Waals surface area contributed by atoms with Crippen molar-refractivity contribution in [3.63, 3.8) is 0 Å². The number of carbonyl (C=O) groups is 2. The van der Waals surface area contributed by atoms with Crippen molar-refractivity contribution in [1.29, 1.82) is 0 Å². The highest BCUT2D eigenvalue weighted by molar-refractivity contribution is 8.01. The van der Waals surface area contributed by atoms with Crippen molar-refractivity contribution < 1.29 is 9.59 Å². The van der Waals surface area contributed by atoms with Crippen LogP contribution in [0.4, 0.5) is 5.69 Å². The number of piperidine rings is 1. The van der Waals surface area contributed by atoms with Crippen molar-refractivity contribution in [2.24, 2.45) is 0 Å². The number of aryl methyl sites for hydroxylation is 1. The normalized spacial score (nSPS) is 19.0. The van der Waals surface area contributed by atoms with E-state index in [1.165, 1.54) is 11.8 Å². The number of likely N-dealkylation sites (N-methyl/N-ethyl adjacent to an activating group) is 1. The average Bonchev–Trinajstić information content (AvgIpc) is 2.61. The Kier molecular flexibility index (Phi) is 7.12. The van der Waals surface area contributed by atoms with Crippen molar-refractivity contribution in [2.75, 3.05) is 31.2 Å². The molecular formula is C18H27N3O2S. The molecule has 2 N–H and O–H groups in total. The Morgan fingerprint density at radius 2 is 2.04 bits per heavy atom. The first-order chi connectivity index (χ1) is 11.5. The van der Waals surface area contributed by atoms with Gasteiger partial charge in [0.25, 0.3) is 0 Å². The zero-order valence-corrected chi connectivity index (χ0v) is 15.5. The second-order valence-corrected chi connectivity index (χ2v) is 7.61. The molecule has 0 bridgehead atoms. The summed E-state index contributed by atoms with van der Waals surface area (Å²) in [5.74, 6) is 0.336. The van der Waals surface area contributed by atoms with Gasteiger partial charge in [0.1, 0.15) is 0 Å². The quantitative estimate of drug-likeness (QED) is 0.827. The maximum Gasteiger partial charge on any atom is 0.235 e. The fraction of sp³-hybridized carbons (Fsp3) is 0.556. The van der Waals surface area contributed by atoms with E-state index in [1.54, 1.807) is 0 Å². The molecule has 1 saturated heterocycles. The topological polar surface area (TPSA) is 61.4 Å². The molecule has 24 heavy (non-hydrogen) atoms. The Morgan fingerprint density at radius 1 is 1.33 bits per heavy atom. The molecule has 6 heteroatoms. The molecule has 0 radical (unpaired) electrons. The molecule has 2 atom stereocenters. The summed E-state index contributed by atoms with van der Waals surface area (Å²) in [7, 11) is 1.94. The molecule has 0 aromatic heterocycles. The largest absolute Gasteiger partial charge is 0.340 e. The van der Waals surface area contributed by atoms with Crippen molar-refractivity contribution in [2.45, 2.75) is 38.0 Å². The van der Waals surface area contributed by atoms with Gasteiger partial charge in [0.05, 0.1) is 11.0 Å². The van der Waals surface area contributed by atoms with Crippen LogP contribution in [0.1, 0.15) is 25.3 Å². The summed E-state index contributed by atoms with van der Waals surface area (Å²) < 4.78 is 0. The van der Waals surface area contributed by atoms with Crippen LogP contribution in [-0.2, 0) is 9.59 Å². The van der Waals surface area contributed by atoms with E-state index >= 15 is 0 Å². The predicted octanol–water partition coefficient (Wildman–Crippen LogP) is 2.27. The molecule has 2 rings (SSSR count). The van der Waals surface area contributed by atoms with Gasteiger partial charge in [0.2, 0.25) is 11.8 Å². The molecule has 132 valence electrons. The number of likely N-dealkylation sites (tertiary alicyclic amines) is 1. The van der Waals surface area contributed by atoms with Crippen molar-refractivity contribution in [3.05, 3.63) is 29.8 Å². The minimum Gasteiger partial charge on any atom is -0.340 e. The molecule has 1 aromatic carbocycles. The summed E-state index contributed by atoms with van der Waals surface area (Å²) in [6, 6.07) is 8.08. The van der Waals surface area contributed by atoms with Gasteiger partial charge in [-0.2, -0.15) is 0 Å². The lowest BCUT2D eigenvalue weighted by atomic mass is 10.1. The molecule has 1 heterocycles. The molecule has 2 amide bonds. The van der Waals surface area contributed by atoms with Crippen LogP contribution in [0.15, 0.2) is 24.3 Å². The van der Waals surface area contributed by atoms with Crippen LogP contribution in [0.5, 0.6) is 0 Å². The zero-order valence-electron chi connectivity index (χ0n) is 14.7. The number of hydrogen-bond donors (Lipinski definition) is 2. The SMILES string of the molecule is CNC1CCCN(C(=O)C(C)SCC(=O)Nc2ccc(C)cc2)C1. The van der Waals surface area contributed by atoms with Gasteiger partial charge in [-0.3, -0.25) is 9.59 Å². The molecule has 1 aliphatic heterocycles. The second kappa shape index (κ2) is 9.08. The fourth-order valence-corrected chi connectivity index (χ4v) is 3.54. The van der Waals surface area contributed by atoms with Crippen LogP contribution in [0.25, 0.3) is 0 Å². The predicted molar refractivity (Wildman–Crippen MR) is 100 cm³/mol. The van der Waals surface area contributed by atoms with Gasteiger partial charge in [-0.1, -0.05) is 17.7 Å². The minimum atomic E-state index is -0.204. The van der Waals surface area contributed by atoms with Gasteiger partial charge >= 0.3 is 0 Å². The first-order valence-corrected chi connectivity index (χ1v) is 9.48. The zero-order chi connectivity index (χ0) is 17.5. The van der Waals surface area contributed by atoms with Gasteiger partial charge in [-0.05, 0) is 45.9 Å². The highest BCUT2D eigenvalue weighted by Crippen LogP contribution is 2.18. The lowest BCUT2D eigenvalue weighted by molar-refractivity contribution is -0.131. The number of nitrogens with one attached hydrogen (secondary N) is 2. The molecule has 5 nitrogen and oxygen atoms in total. The third-order valence-electron chi connectivity index (χ3n) is 4.29.